The Morgan fingerprint density at radius 1 is 1.04 bits per heavy atom. The van der Waals surface area contributed by atoms with Gasteiger partial charge in [-0.05, 0) is 47.6 Å². The molecule has 0 aliphatic carbocycles. The zero-order chi connectivity index (χ0) is 18.5. The average Bonchev–Trinajstić information content (AvgIpc) is 3.20. The van der Waals surface area contributed by atoms with Gasteiger partial charge in [-0.1, -0.05) is 30.2 Å². The van der Waals surface area contributed by atoms with Crippen molar-refractivity contribution in [1.82, 2.24) is 20.2 Å². The number of methoxy groups -OCH3 is 1. The molecule has 0 aliphatic rings. The molecule has 0 bridgehead atoms. The third-order valence-corrected chi connectivity index (χ3v) is 4.29. The quantitative estimate of drug-likeness (QED) is 0.562. The normalized spacial score (nSPS) is 10.4. The number of ether oxygens (including phenoxy) is 1. The average molecular weight is 354 g/mol. The highest BCUT2D eigenvalue weighted by molar-refractivity contribution is 5.85. The molecule has 0 fully saturated rings. The van der Waals surface area contributed by atoms with Gasteiger partial charge in [-0.2, -0.15) is 10.1 Å². The minimum atomic E-state index is 0.578. The summed E-state index contributed by atoms with van der Waals surface area (Å²) in [6.45, 7) is 0. The van der Waals surface area contributed by atoms with Gasteiger partial charge in [0.1, 0.15) is 5.75 Å². The Kier molecular flexibility index (Phi) is 4.80. The van der Waals surface area contributed by atoms with E-state index < -0.39 is 0 Å². The fourth-order valence-electron chi connectivity index (χ4n) is 2.81. The molecule has 0 unspecified atom stereocenters. The highest BCUT2D eigenvalue weighted by atomic mass is 16.5. The van der Waals surface area contributed by atoms with Gasteiger partial charge in [-0.25, -0.2) is 0 Å². The molecular weight excluding hydrogens is 336 g/mol. The van der Waals surface area contributed by atoms with E-state index in [-0.39, 0.29) is 0 Å². The fraction of sp³-hybridized carbons (Fsp3) is 0.136. The lowest BCUT2D eigenvalue weighted by Crippen LogP contribution is -1.86. The van der Waals surface area contributed by atoms with Crippen LogP contribution in [0.1, 0.15) is 17.8 Å². The number of rotatable bonds is 4. The molecule has 5 heteroatoms. The lowest BCUT2D eigenvalue weighted by Gasteiger charge is -2.00. The third kappa shape index (κ3) is 3.96. The summed E-state index contributed by atoms with van der Waals surface area (Å²) in [6, 6.07) is 16.1. The number of pyridine rings is 1. The van der Waals surface area contributed by atoms with Crippen molar-refractivity contribution in [1.29, 1.82) is 0 Å². The van der Waals surface area contributed by atoms with Gasteiger partial charge in [0, 0.05) is 29.8 Å². The van der Waals surface area contributed by atoms with E-state index in [0.29, 0.717) is 11.6 Å². The van der Waals surface area contributed by atoms with E-state index in [9.17, 15) is 0 Å². The van der Waals surface area contributed by atoms with Gasteiger partial charge in [-0.3, -0.25) is 10.1 Å². The van der Waals surface area contributed by atoms with Crippen LogP contribution in [-0.4, -0.2) is 27.3 Å². The van der Waals surface area contributed by atoms with E-state index in [2.05, 4.69) is 50.2 Å². The smallest absolute Gasteiger partial charge is 0.201 e. The minimum absolute atomic E-state index is 0.578. The number of aromatic nitrogens is 4. The Morgan fingerprint density at radius 3 is 2.78 bits per heavy atom. The highest BCUT2D eigenvalue weighted by Gasteiger charge is 2.05. The first kappa shape index (κ1) is 16.8. The van der Waals surface area contributed by atoms with Gasteiger partial charge >= 0.3 is 0 Å². The molecule has 2 aromatic heterocycles. The molecule has 1 N–H and O–H groups in total. The lowest BCUT2D eigenvalue weighted by atomic mass is 10.1. The molecule has 0 spiro atoms. The van der Waals surface area contributed by atoms with Crippen LogP contribution in [0.5, 0.6) is 5.75 Å². The van der Waals surface area contributed by atoms with Crippen LogP contribution in [0.2, 0.25) is 0 Å². The Bertz CT molecular complexity index is 1120. The first-order valence-corrected chi connectivity index (χ1v) is 8.70. The summed E-state index contributed by atoms with van der Waals surface area (Å²) in [5.74, 6) is 8.29. The van der Waals surface area contributed by atoms with Crippen molar-refractivity contribution in [3.63, 3.8) is 0 Å². The zero-order valence-electron chi connectivity index (χ0n) is 14.9. The number of H-pyrrole nitrogens is 1. The van der Waals surface area contributed by atoms with Crippen LogP contribution in [0, 0.1) is 11.8 Å². The van der Waals surface area contributed by atoms with Crippen molar-refractivity contribution < 1.29 is 4.74 Å². The van der Waals surface area contributed by atoms with E-state index >= 15 is 0 Å². The number of hydrogen-bond acceptors (Lipinski definition) is 4. The molecule has 0 aliphatic heterocycles. The molecule has 4 aromatic rings. The predicted molar refractivity (Wildman–Crippen MR) is 105 cm³/mol. The highest BCUT2D eigenvalue weighted by Crippen LogP contribution is 2.21. The summed E-state index contributed by atoms with van der Waals surface area (Å²) in [7, 11) is 1.67. The van der Waals surface area contributed by atoms with E-state index in [1.165, 1.54) is 5.56 Å². The largest absolute Gasteiger partial charge is 0.497 e. The second-order valence-electron chi connectivity index (χ2n) is 6.10. The summed E-state index contributed by atoms with van der Waals surface area (Å²) < 4.78 is 5.16. The summed E-state index contributed by atoms with van der Waals surface area (Å²) in [6.07, 6.45) is 5.27. The molecule has 4 rings (SSSR count). The summed E-state index contributed by atoms with van der Waals surface area (Å²) in [5.41, 5.74) is 2.19. The SMILES string of the molecule is COc1ccc(CCC#Cc2nc(-c3ccc4cnccc4c3)n[nH]2)cc1. The standard InChI is InChI=1S/C22H18N4O/c1-27-20-10-6-16(7-11-20)4-2-3-5-21-24-22(26-25-21)18-8-9-19-15-23-13-12-17(19)14-18/h6-15H,2,4H2,1H3,(H,24,25,26). The van der Waals surface area contributed by atoms with E-state index in [0.717, 1.165) is 34.9 Å². The second-order valence-corrected chi connectivity index (χ2v) is 6.10. The Labute approximate surface area is 157 Å². The van der Waals surface area contributed by atoms with Crippen molar-refractivity contribution in [2.24, 2.45) is 0 Å². The minimum Gasteiger partial charge on any atom is -0.497 e. The van der Waals surface area contributed by atoms with Crippen LogP contribution in [0.3, 0.4) is 0 Å². The summed E-state index contributed by atoms with van der Waals surface area (Å²) in [5, 5.41) is 9.39. The molecule has 0 saturated carbocycles. The van der Waals surface area contributed by atoms with E-state index in [1.54, 1.807) is 13.3 Å². The molecule has 132 valence electrons. The first-order valence-electron chi connectivity index (χ1n) is 8.70. The topological polar surface area (TPSA) is 63.7 Å². The maximum absolute atomic E-state index is 5.16. The van der Waals surface area contributed by atoms with Crippen molar-refractivity contribution in [3.8, 4) is 29.0 Å². The molecular formula is C22H18N4O. The van der Waals surface area contributed by atoms with Crippen molar-refractivity contribution in [2.45, 2.75) is 12.8 Å². The van der Waals surface area contributed by atoms with Crippen LogP contribution in [-0.2, 0) is 6.42 Å². The number of benzene rings is 2. The molecule has 5 nitrogen and oxygen atoms in total. The molecule has 0 saturated heterocycles. The van der Waals surface area contributed by atoms with Gasteiger partial charge in [0.05, 0.1) is 7.11 Å². The molecule has 2 aromatic carbocycles. The number of nitrogens with zero attached hydrogens (tertiary/aromatic N) is 3. The van der Waals surface area contributed by atoms with E-state index in [1.807, 2.05) is 36.5 Å². The number of aryl methyl sites for hydroxylation is 1. The van der Waals surface area contributed by atoms with Gasteiger partial charge in [0.2, 0.25) is 5.82 Å². The van der Waals surface area contributed by atoms with Gasteiger partial charge in [0.25, 0.3) is 0 Å². The Morgan fingerprint density at radius 2 is 1.93 bits per heavy atom. The van der Waals surface area contributed by atoms with E-state index in [4.69, 9.17) is 4.74 Å². The molecule has 0 radical (unpaired) electrons. The Hall–Kier alpha value is -3.65. The maximum atomic E-state index is 5.16. The zero-order valence-corrected chi connectivity index (χ0v) is 14.9. The lowest BCUT2D eigenvalue weighted by molar-refractivity contribution is 0.414. The number of nitrogens with one attached hydrogen (secondary N) is 1. The predicted octanol–water partition coefficient (Wildman–Crippen LogP) is 4.01. The van der Waals surface area contributed by atoms with Gasteiger partial charge < -0.3 is 4.74 Å². The van der Waals surface area contributed by atoms with Gasteiger partial charge in [0.15, 0.2) is 5.82 Å². The molecule has 27 heavy (non-hydrogen) atoms. The second kappa shape index (κ2) is 7.71. The van der Waals surface area contributed by atoms with Crippen molar-refractivity contribution in [2.75, 3.05) is 7.11 Å². The summed E-state index contributed by atoms with van der Waals surface area (Å²) >= 11 is 0. The number of aromatic amines is 1. The summed E-state index contributed by atoms with van der Waals surface area (Å²) in [4.78, 5) is 8.61. The molecule has 0 atom stereocenters. The van der Waals surface area contributed by atoms with Crippen LogP contribution in [0.15, 0.2) is 60.9 Å². The number of fused-ring (bicyclic) bond motifs is 1. The van der Waals surface area contributed by atoms with Crippen molar-refractivity contribution in [3.05, 3.63) is 72.3 Å². The van der Waals surface area contributed by atoms with Crippen LogP contribution in [0.25, 0.3) is 22.2 Å². The molecule has 2 heterocycles. The van der Waals surface area contributed by atoms with Crippen molar-refractivity contribution >= 4 is 10.8 Å². The first-order chi connectivity index (χ1) is 13.3. The maximum Gasteiger partial charge on any atom is 0.201 e. The fourth-order valence-corrected chi connectivity index (χ4v) is 2.81. The van der Waals surface area contributed by atoms with Gasteiger partial charge in [-0.15, -0.1) is 0 Å². The van der Waals surface area contributed by atoms with Crippen LogP contribution >= 0.6 is 0 Å². The molecule has 0 amide bonds. The Balaban J connectivity index is 1.42. The number of hydrogen-bond donors (Lipinski definition) is 1. The van der Waals surface area contributed by atoms with Crippen LogP contribution in [0.4, 0.5) is 0 Å². The monoisotopic (exact) mass is 354 g/mol. The van der Waals surface area contributed by atoms with Crippen LogP contribution < -0.4 is 4.74 Å². The third-order valence-electron chi connectivity index (χ3n) is 4.29.